The maximum Gasteiger partial charge on any atom is 0.508 e. The van der Waals surface area contributed by atoms with Gasteiger partial charge in [-0.25, -0.2) is 9.59 Å². The van der Waals surface area contributed by atoms with Gasteiger partial charge in [-0.1, -0.05) is 132 Å². The van der Waals surface area contributed by atoms with Gasteiger partial charge in [0.1, 0.15) is 12.7 Å². The lowest BCUT2D eigenvalue weighted by atomic mass is 9.99. The van der Waals surface area contributed by atoms with Gasteiger partial charge in [0.05, 0.1) is 6.61 Å². The van der Waals surface area contributed by atoms with Gasteiger partial charge in [-0.05, 0) is 30.0 Å². The van der Waals surface area contributed by atoms with Crippen LogP contribution in [-0.2, 0) is 23.4 Å². The zero-order valence-electron chi connectivity index (χ0n) is 27.1. The van der Waals surface area contributed by atoms with Gasteiger partial charge < -0.3 is 23.7 Å². The molecule has 7 nitrogen and oxygen atoms in total. The Balaban J connectivity index is 2.32. The van der Waals surface area contributed by atoms with E-state index in [9.17, 15) is 14.7 Å². The van der Waals surface area contributed by atoms with Crippen LogP contribution in [0.3, 0.4) is 0 Å². The van der Waals surface area contributed by atoms with Crippen LogP contribution in [0.2, 0.25) is 16.6 Å². The summed E-state index contributed by atoms with van der Waals surface area (Å²) in [5.74, 6) is -0.749. The van der Waals surface area contributed by atoms with Gasteiger partial charge in [0.25, 0.3) is 0 Å². The molecule has 1 saturated heterocycles. The molecule has 0 saturated carbocycles. The van der Waals surface area contributed by atoms with E-state index in [1.807, 2.05) is 0 Å². The molecule has 0 aromatic heterocycles. The zero-order valence-corrected chi connectivity index (χ0v) is 28.1. The molecule has 3 atom stereocenters. The summed E-state index contributed by atoms with van der Waals surface area (Å²) in [7, 11) is -2.43. The molecule has 0 aromatic rings. The standard InChI is InChI=1S/C32H62O7Si/c1-9-10-11-12-13-14-15-16-17-18-19-20-21-22-23-36-31(34)37-24-28-29(32(8,35)30(33)38-28)39-40(25(2)3,26(4)5)27(6)7/h25-29,35H,9-24H2,1-8H3/t28-,29-,32+/m1/s1. The number of esters is 1. The van der Waals surface area contributed by atoms with Crippen molar-refractivity contribution in [3.8, 4) is 0 Å². The van der Waals surface area contributed by atoms with E-state index in [2.05, 4.69) is 48.5 Å². The summed E-state index contributed by atoms with van der Waals surface area (Å²) < 4.78 is 22.7. The average Bonchev–Trinajstić information content (AvgIpc) is 3.09. The Bertz CT molecular complexity index is 686. The summed E-state index contributed by atoms with van der Waals surface area (Å²) in [5, 5.41) is 11.0. The van der Waals surface area contributed by atoms with Crippen molar-refractivity contribution in [2.24, 2.45) is 0 Å². The second kappa shape index (κ2) is 19.1. The third-order valence-electron chi connectivity index (χ3n) is 8.68. The first-order valence-corrected chi connectivity index (χ1v) is 18.5. The van der Waals surface area contributed by atoms with Crippen LogP contribution in [0.25, 0.3) is 0 Å². The molecular weight excluding hydrogens is 524 g/mol. The molecule has 0 bridgehead atoms. The number of rotatable bonds is 22. The number of hydrogen-bond acceptors (Lipinski definition) is 7. The second-order valence-corrected chi connectivity index (χ2v) is 18.4. The van der Waals surface area contributed by atoms with E-state index in [1.165, 1.54) is 77.6 Å². The van der Waals surface area contributed by atoms with Gasteiger partial charge in [0.15, 0.2) is 11.7 Å². The van der Waals surface area contributed by atoms with Crippen LogP contribution < -0.4 is 0 Å². The minimum Gasteiger partial charge on any atom is -0.454 e. The molecule has 236 valence electrons. The molecule has 1 fully saturated rings. The molecule has 1 aliphatic rings. The van der Waals surface area contributed by atoms with Crippen molar-refractivity contribution in [3.63, 3.8) is 0 Å². The molecule has 0 spiro atoms. The van der Waals surface area contributed by atoms with Crippen LogP contribution in [0.1, 0.15) is 145 Å². The third kappa shape index (κ3) is 11.6. The van der Waals surface area contributed by atoms with Crippen molar-refractivity contribution in [2.45, 2.75) is 180 Å². The first kappa shape index (κ1) is 36.9. The summed E-state index contributed by atoms with van der Waals surface area (Å²) in [6.07, 6.45) is 15.2. The highest BCUT2D eigenvalue weighted by atomic mass is 28.4. The van der Waals surface area contributed by atoms with Gasteiger partial charge >= 0.3 is 12.1 Å². The number of ether oxygens (including phenoxy) is 3. The molecule has 1 heterocycles. The molecule has 1 N–H and O–H groups in total. The van der Waals surface area contributed by atoms with E-state index >= 15 is 0 Å². The Morgan fingerprint density at radius 3 is 1.65 bits per heavy atom. The number of carbonyl (C=O) groups excluding carboxylic acids is 2. The Morgan fingerprint density at radius 1 is 0.800 bits per heavy atom. The molecule has 1 aliphatic heterocycles. The van der Waals surface area contributed by atoms with Gasteiger partial charge in [-0.3, -0.25) is 0 Å². The van der Waals surface area contributed by atoms with Crippen LogP contribution in [0.15, 0.2) is 0 Å². The second-order valence-electron chi connectivity index (χ2n) is 13.0. The Hall–Kier alpha value is -1.12. The SMILES string of the molecule is CCCCCCCCCCCCCCCCOC(=O)OC[C@H]1OC(=O)[C@@](C)(O)[C@@H]1O[Si](C(C)C)(C(C)C)C(C)C. The van der Waals surface area contributed by atoms with Crippen LogP contribution in [-0.4, -0.2) is 56.6 Å². The summed E-state index contributed by atoms with van der Waals surface area (Å²) >= 11 is 0. The van der Waals surface area contributed by atoms with Crippen molar-refractivity contribution in [1.29, 1.82) is 0 Å². The van der Waals surface area contributed by atoms with Crippen molar-refractivity contribution in [3.05, 3.63) is 0 Å². The number of hydrogen-bond donors (Lipinski definition) is 1. The molecule has 0 aliphatic carbocycles. The molecule has 0 radical (unpaired) electrons. The van der Waals surface area contributed by atoms with E-state index in [0.29, 0.717) is 6.61 Å². The van der Waals surface area contributed by atoms with Gasteiger partial charge in [-0.2, -0.15) is 0 Å². The first-order chi connectivity index (χ1) is 18.9. The fraction of sp³-hybridized carbons (Fsp3) is 0.938. The van der Waals surface area contributed by atoms with Crippen LogP contribution in [0, 0.1) is 0 Å². The van der Waals surface area contributed by atoms with Crippen LogP contribution in [0.4, 0.5) is 4.79 Å². The minimum absolute atomic E-state index is 0.205. The quantitative estimate of drug-likeness (QED) is 0.0769. The Morgan fingerprint density at radius 2 is 1.23 bits per heavy atom. The van der Waals surface area contributed by atoms with Crippen molar-refractivity contribution < 1.29 is 33.3 Å². The molecule has 0 unspecified atom stereocenters. The molecule has 1 rings (SSSR count). The molecule has 0 aromatic carbocycles. The van der Waals surface area contributed by atoms with Gasteiger partial charge in [0.2, 0.25) is 8.32 Å². The summed E-state index contributed by atoms with van der Waals surface area (Å²) in [6.45, 7) is 16.6. The number of carbonyl (C=O) groups is 2. The smallest absolute Gasteiger partial charge is 0.454 e. The monoisotopic (exact) mass is 586 g/mol. The Kier molecular flexibility index (Phi) is 17.7. The molecule has 40 heavy (non-hydrogen) atoms. The summed E-state index contributed by atoms with van der Waals surface area (Å²) in [4.78, 5) is 24.7. The number of cyclic esters (lactones) is 1. The minimum atomic E-state index is -2.43. The lowest BCUT2D eigenvalue weighted by Gasteiger charge is -2.45. The van der Waals surface area contributed by atoms with Gasteiger partial charge in [-0.15, -0.1) is 0 Å². The topological polar surface area (TPSA) is 91.3 Å². The van der Waals surface area contributed by atoms with E-state index in [0.717, 1.165) is 19.3 Å². The largest absolute Gasteiger partial charge is 0.508 e. The van der Waals surface area contributed by atoms with Crippen molar-refractivity contribution >= 4 is 20.4 Å². The van der Waals surface area contributed by atoms with Crippen LogP contribution >= 0.6 is 0 Å². The maximum atomic E-state index is 12.5. The molecule has 8 heteroatoms. The fourth-order valence-corrected chi connectivity index (χ4v) is 12.0. The van der Waals surface area contributed by atoms with Crippen molar-refractivity contribution in [1.82, 2.24) is 0 Å². The fourth-order valence-electron chi connectivity index (χ4n) is 6.38. The highest BCUT2D eigenvalue weighted by molar-refractivity contribution is 6.77. The highest BCUT2D eigenvalue weighted by Gasteiger charge is 2.59. The average molecular weight is 587 g/mol. The lowest BCUT2D eigenvalue weighted by molar-refractivity contribution is -0.155. The van der Waals surface area contributed by atoms with Crippen LogP contribution in [0.5, 0.6) is 0 Å². The normalized spacial score (nSPS) is 21.4. The molecular formula is C32H62O7Si. The molecule has 0 amide bonds. The lowest BCUT2D eigenvalue weighted by Crippen LogP contribution is -2.57. The highest BCUT2D eigenvalue weighted by Crippen LogP contribution is 2.45. The van der Waals surface area contributed by atoms with E-state index in [-0.39, 0.29) is 23.2 Å². The predicted molar refractivity (Wildman–Crippen MR) is 164 cm³/mol. The third-order valence-corrected chi connectivity index (χ3v) is 14.8. The Labute approximate surface area is 246 Å². The summed E-state index contributed by atoms with van der Waals surface area (Å²) in [6, 6.07) is 0. The van der Waals surface area contributed by atoms with Crippen molar-refractivity contribution in [2.75, 3.05) is 13.2 Å². The van der Waals surface area contributed by atoms with Gasteiger partial charge in [0, 0.05) is 0 Å². The predicted octanol–water partition coefficient (Wildman–Crippen LogP) is 8.86. The van der Waals surface area contributed by atoms with E-state index in [4.69, 9.17) is 18.6 Å². The van der Waals surface area contributed by atoms with E-state index < -0.39 is 38.3 Å². The zero-order chi connectivity index (χ0) is 30.2. The first-order valence-electron chi connectivity index (χ1n) is 16.3. The maximum absolute atomic E-state index is 12.5. The summed E-state index contributed by atoms with van der Waals surface area (Å²) in [5.41, 5.74) is -1.02. The number of unbranched alkanes of at least 4 members (excludes halogenated alkanes) is 13. The number of aliphatic hydroxyl groups is 1. The van der Waals surface area contributed by atoms with E-state index in [1.54, 1.807) is 0 Å².